The van der Waals surface area contributed by atoms with Crippen LogP contribution in [-0.2, 0) is 0 Å². The Balaban J connectivity index is 3.40. The molecule has 0 N–H and O–H groups in total. The quantitative estimate of drug-likeness (QED) is 0.525. The number of nitrogens with zero attached hydrogens (tertiary/aromatic N) is 1. The number of hydrogen-bond acceptors (Lipinski definition) is 1. The first kappa shape index (κ1) is 7.61. The molecule has 1 aromatic carbocycles. The molecule has 1 rings (SSSR count). The zero-order valence-electron chi connectivity index (χ0n) is 5.16. The van der Waals surface area contributed by atoms with Crippen molar-refractivity contribution in [1.82, 2.24) is 0 Å². The standard InChI is InChI=1S/C7HF3N/c8-5-2-1-4(3-11)6(9)7(5)10/h1H. The molecule has 0 fully saturated rings. The molecule has 0 heterocycles. The van der Waals surface area contributed by atoms with Gasteiger partial charge in [0.15, 0.2) is 17.5 Å². The molecule has 0 aliphatic heterocycles. The Hall–Kier alpha value is -1.50. The molecule has 0 bridgehead atoms. The highest BCUT2D eigenvalue weighted by atomic mass is 19.2. The van der Waals surface area contributed by atoms with Crippen molar-refractivity contribution in [2.24, 2.45) is 0 Å². The highest BCUT2D eigenvalue weighted by Crippen LogP contribution is 2.12. The van der Waals surface area contributed by atoms with Crippen LogP contribution >= 0.6 is 0 Å². The zero-order valence-corrected chi connectivity index (χ0v) is 5.16. The fourth-order valence-corrected chi connectivity index (χ4v) is 0.558. The molecule has 1 nitrogen and oxygen atoms in total. The van der Waals surface area contributed by atoms with Crippen LogP contribution in [0.15, 0.2) is 6.07 Å². The van der Waals surface area contributed by atoms with E-state index in [1.165, 1.54) is 6.07 Å². The predicted molar refractivity (Wildman–Crippen MR) is 29.9 cm³/mol. The topological polar surface area (TPSA) is 23.8 Å². The van der Waals surface area contributed by atoms with Crippen LogP contribution in [0.25, 0.3) is 0 Å². The number of nitriles is 1. The van der Waals surface area contributed by atoms with E-state index in [0.717, 1.165) is 6.07 Å². The minimum atomic E-state index is -1.66. The Kier molecular flexibility index (Phi) is 1.81. The number of halogens is 3. The van der Waals surface area contributed by atoms with E-state index in [2.05, 4.69) is 0 Å². The normalized spacial score (nSPS) is 9.27. The van der Waals surface area contributed by atoms with Gasteiger partial charge in [-0.25, -0.2) is 13.2 Å². The monoisotopic (exact) mass is 156 g/mol. The van der Waals surface area contributed by atoms with Gasteiger partial charge in [-0.3, -0.25) is 0 Å². The lowest BCUT2D eigenvalue weighted by atomic mass is 10.2. The van der Waals surface area contributed by atoms with Crippen molar-refractivity contribution < 1.29 is 13.2 Å². The minimum Gasteiger partial charge on any atom is -0.203 e. The smallest absolute Gasteiger partial charge is 0.196 e. The first-order chi connectivity index (χ1) is 5.16. The lowest BCUT2D eigenvalue weighted by Gasteiger charge is -1.94. The fraction of sp³-hybridized carbons (Fsp3) is 0. The van der Waals surface area contributed by atoms with E-state index in [0.29, 0.717) is 0 Å². The number of hydrogen-bond donors (Lipinski definition) is 0. The second-order valence-electron chi connectivity index (χ2n) is 1.76. The summed E-state index contributed by atoms with van der Waals surface area (Å²) in [5.74, 6) is -4.55. The average Bonchev–Trinajstić information content (AvgIpc) is 2.01. The first-order valence-corrected chi connectivity index (χ1v) is 2.62. The van der Waals surface area contributed by atoms with Crippen LogP contribution in [0.4, 0.5) is 13.2 Å². The summed E-state index contributed by atoms with van der Waals surface area (Å²) in [7, 11) is 0. The third-order valence-corrected chi connectivity index (χ3v) is 1.09. The van der Waals surface area contributed by atoms with E-state index < -0.39 is 23.0 Å². The van der Waals surface area contributed by atoms with Crippen LogP contribution in [-0.4, -0.2) is 0 Å². The molecule has 0 amide bonds. The third kappa shape index (κ3) is 1.17. The van der Waals surface area contributed by atoms with Gasteiger partial charge < -0.3 is 0 Å². The largest absolute Gasteiger partial charge is 0.203 e. The highest BCUT2D eigenvalue weighted by molar-refractivity contribution is 5.30. The van der Waals surface area contributed by atoms with Crippen molar-refractivity contribution in [2.75, 3.05) is 0 Å². The van der Waals surface area contributed by atoms with Gasteiger partial charge in [-0.15, -0.1) is 0 Å². The molecule has 0 unspecified atom stereocenters. The van der Waals surface area contributed by atoms with Gasteiger partial charge in [0.2, 0.25) is 0 Å². The molecule has 0 saturated carbocycles. The van der Waals surface area contributed by atoms with E-state index in [-0.39, 0.29) is 0 Å². The van der Waals surface area contributed by atoms with Crippen molar-refractivity contribution in [3.63, 3.8) is 0 Å². The molecular formula is C7HF3N. The SMILES string of the molecule is N#Cc1c[c]c(F)c(F)c1F. The molecule has 0 atom stereocenters. The Labute approximate surface area is 60.7 Å². The highest BCUT2D eigenvalue weighted by Gasteiger charge is 2.12. The van der Waals surface area contributed by atoms with Gasteiger partial charge in [0, 0.05) is 6.07 Å². The molecule has 11 heavy (non-hydrogen) atoms. The van der Waals surface area contributed by atoms with Crippen LogP contribution in [0.1, 0.15) is 5.56 Å². The van der Waals surface area contributed by atoms with Gasteiger partial charge >= 0.3 is 0 Å². The van der Waals surface area contributed by atoms with Crippen LogP contribution in [0.2, 0.25) is 0 Å². The molecule has 0 aromatic heterocycles. The van der Waals surface area contributed by atoms with E-state index >= 15 is 0 Å². The van der Waals surface area contributed by atoms with Gasteiger partial charge in [0.25, 0.3) is 0 Å². The van der Waals surface area contributed by atoms with Crippen molar-refractivity contribution >= 4 is 0 Å². The van der Waals surface area contributed by atoms with E-state index in [1.54, 1.807) is 6.07 Å². The summed E-state index contributed by atoms with van der Waals surface area (Å²) in [4.78, 5) is 0. The van der Waals surface area contributed by atoms with Crippen molar-refractivity contribution in [3.8, 4) is 6.07 Å². The van der Waals surface area contributed by atoms with Crippen molar-refractivity contribution in [2.45, 2.75) is 0 Å². The molecule has 0 aliphatic carbocycles. The van der Waals surface area contributed by atoms with E-state index in [9.17, 15) is 13.2 Å². The van der Waals surface area contributed by atoms with Crippen LogP contribution in [0.3, 0.4) is 0 Å². The summed E-state index contributed by atoms with van der Waals surface area (Å²) >= 11 is 0. The zero-order chi connectivity index (χ0) is 8.43. The molecule has 1 aromatic rings. The first-order valence-electron chi connectivity index (χ1n) is 2.62. The van der Waals surface area contributed by atoms with Crippen molar-refractivity contribution in [3.05, 3.63) is 35.1 Å². The summed E-state index contributed by atoms with van der Waals surface area (Å²) in [6.07, 6.45) is 0. The maximum Gasteiger partial charge on any atom is 0.196 e. The van der Waals surface area contributed by atoms with Gasteiger partial charge in [-0.2, -0.15) is 5.26 Å². The lowest BCUT2D eigenvalue weighted by molar-refractivity contribution is 0.444. The maximum absolute atomic E-state index is 12.4. The summed E-state index contributed by atoms with van der Waals surface area (Å²) in [6, 6.07) is 3.86. The Bertz CT molecular complexity index is 327. The van der Waals surface area contributed by atoms with E-state index in [1.807, 2.05) is 0 Å². The fourth-order valence-electron chi connectivity index (χ4n) is 0.558. The second kappa shape index (κ2) is 2.62. The molecule has 4 heteroatoms. The molecular weight excluding hydrogens is 155 g/mol. The summed E-state index contributed by atoms with van der Waals surface area (Å²) in [5.41, 5.74) is -0.552. The van der Waals surface area contributed by atoms with Crippen LogP contribution < -0.4 is 0 Å². The van der Waals surface area contributed by atoms with Crippen LogP contribution in [0, 0.1) is 34.8 Å². The lowest BCUT2D eigenvalue weighted by Crippen LogP contribution is -1.93. The molecule has 0 saturated heterocycles. The average molecular weight is 156 g/mol. The number of rotatable bonds is 0. The van der Waals surface area contributed by atoms with Gasteiger partial charge in [-0.1, -0.05) is 0 Å². The van der Waals surface area contributed by atoms with E-state index in [4.69, 9.17) is 5.26 Å². The van der Waals surface area contributed by atoms with Crippen LogP contribution in [0.5, 0.6) is 0 Å². The maximum atomic E-state index is 12.4. The third-order valence-electron chi connectivity index (χ3n) is 1.09. The summed E-state index contributed by atoms with van der Waals surface area (Å²) < 4.78 is 36.8. The van der Waals surface area contributed by atoms with Gasteiger partial charge in [-0.05, 0) is 6.07 Å². The molecule has 0 spiro atoms. The minimum absolute atomic E-state index is 0.552. The molecule has 55 valence electrons. The van der Waals surface area contributed by atoms with Gasteiger partial charge in [0.05, 0.1) is 5.56 Å². The number of benzene rings is 1. The summed E-state index contributed by atoms with van der Waals surface area (Å²) in [5, 5.41) is 8.13. The van der Waals surface area contributed by atoms with Gasteiger partial charge in [0.1, 0.15) is 6.07 Å². The summed E-state index contributed by atoms with van der Waals surface area (Å²) in [6.45, 7) is 0. The van der Waals surface area contributed by atoms with Crippen molar-refractivity contribution in [1.29, 1.82) is 5.26 Å². The second-order valence-corrected chi connectivity index (χ2v) is 1.76. The predicted octanol–water partition coefficient (Wildman–Crippen LogP) is 1.78. The Morgan fingerprint density at radius 1 is 1.27 bits per heavy atom. The Morgan fingerprint density at radius 3 is 2.45 bits per heavy atom. The Morgan fingerprint density at radius 2 is 1.91 bits per heavy atom. The molecule has 1 radical (unpaired) electrons. The molecule has 0 aliphatic rings.